The number of nitrogens with zero attached hydrogens (tertiary/aromatic N) is 1. The summed E-state index contributed by atoms with van der Waals surface area (Å²) >= 11 is 0. The first-order chi connectivity index (χ1) is 9.31. The van der Waals surface area contributed by atoms with Gasteiger partial charge in [-0.25, -0.2) is 0 Å². The molecular formula is C17H24N2. The molecule has 0 heterocycles. The normalized spacial score (nSPS) is 22.9. The molecule has 0 aromatic heterocycles. The van der Waals surface area contributed by atoms with Gasteiger partial charge in [0.05, 0.1) is 11.6 Å². The fraction of sp³-hybridized carbons (Fsp3) is 0.588. The van der Waals surface area contributed by atoms with Gasteiger partial charge in [0.2, 0.25) is 0 Å². The molecule has 0 unspecified atom stereocenters. The van der Waals surface area contributed by atoms with Crippen LogP contribution in [0.15, 0.2) is 24.3 Å². The summed E-state index contributed by atoms with van der Waals surface area (Å²) in [5, 5.41) is 12.3. The zero-order valence-electron chi connectivity index (χ0n) is 11.9. The largest absolute Gasteiger partial charge is 0.312 e. The summed E-state index contributed by atoms with van der Waals surface area (Å²) in [4.78, 5) is 0. The van der Waals surface area contributed by atoms with Gasteiger partial charge in [0.25, 0.3) is 0 Å². The molecule has 2 heteroatoms. The van der Waals surface area contributed by atoms with Gasteiger partial charge in [0, 0.05) is 6.54 Å². The number of benzene rings is 1. The summed E-state index contributed by atoms with van der Waals surface area (Å²) in [6, 6.07) is 10.0. The predicted molar refractivity (Wildman–Crippen MR) is 78.6 cm³/mol. The summed E-state index contributed by atoms with van der Waals surface area (Å²) in [6.07, 6.45) is 6.96. The second kappa shape index (κ2) is 7.31. The van der Waals surface area contributed by atoms with Crippen LogP contribution in [0.25, 0.3) is 0 Å². The van der Waals surface area contributed by atoms with Crippen LogP contribution in [0.4, 0.5) is 0 Å². The third-order valence-electron chi connectivity index (χ3n) is 4.39. The van der Waals surface area contributed by atoms with Crippen LogP contribution < -0.4 is 5.32 Å². The standard InChI is InChI=1S/C17H24N2/c1-2-14-3-7-16(8-4-14)12-19-13-17-9-5-15(11-18)6-10-17/h5-6,9-10,14,16,19H,2-4,7-8,12-13H2,1H3. The minimum atomic E-state index is 0.738. The van der Waals surface area contributed by atoms with E-state index in [2.05, 4.69) is 18.3 Å². The lowest BCUT2D eigenvalue weighted by atomic mass is 9.81. The Labute approximate surface area is 116 Å². The van der Waals surface area contributed by atoms with Crippen LogP contribution in [0, 0.1) is 23.2 Å². The monoisotopic (exact) mass is 256 g/mol. The lowest BCUT2D eigenvalue weighted by Gasteiger charge is -2.27. The van der Waals surface area contributed by atoms with Crippen LogP contribution in [0.3, 0.4) is 0 Å². The lowest BCUT2D eigenvalue weighted by molar-refractivity contribution is 0.262. The Morgan fingerprint density at radius 1 is 1.11 bits per heavy atom. The van der Waals surface area contributed by atoms with Gasteiger partial charge in [0.1, 0.15) is 0 Å². The first-order valence-corrected chi connectivity index (χ1v) is 7.51. The zero-order valence-corrected chi connectivity index (χ0v) is 11.9. The Morgan fingerprint density at radius 3 is 2.32 bits per heavy atom. The third kappa shape index (κ3) is 4.36. The average Bonchev–Trinajstić information content (AvgIpc) is 2.49. The van der Waals surface area contributed by atoms with E-state index in [1.54, 1.807) is 0 Å². The average molecular weight is 256 g/mol. The van der Waals surface area contributed by atoms with E-state index in [1.807, 2.05) is 24.3 Å². The van der Waals surface area contributed by atoms with Gasteiger partial charge in [-0.2, -0.15) is 5.26 Å². The van der Waals surface area contributed by atoms with E-state index in [1.165, 1.54) is 37.7 Å². The van der Waals surface area contributed by atoms with Crippen LogP contribution in [0.5, 0.6) is 0 Å². The molecule has 1 saturated carbocycles. The fourth-order valence-electron chi connectivity index (χ4n) is 2.96. The SMILES string of the molecule is CCC1CCC(CNCc2ccc(C#N)cc2)CC1. The highest BCUT2D eigenvalue weighted by molar-refractivity contribution is 5.31. The number of hydrogen-bond donors (Lipinski definition) is 1. The van der Waals surface area contributed by atoms with E-state index < -0.39 is 0 Å². The number of rotatable bonds is 5. The first kappa shape index (κ1) is 14.1. The topological polar surface area (TPSA) is 35.8 Å². The fourth-order valence-corrected chi connectivity index (χ4v) is 2.96. The van der Waals surface area contributed by atoms with Crippen molar-refractivity contribution in [3.8, 4) is 6.07 Å². The van der Waals surface area contributed by atoms with Crippen molar-refractivity contribution >= 4 is 0 Å². The third-order valence-corrected chi connectivity index (χ3v) is 4.39. The smallest absolute Gasteiger partial charge is 0.0991 e. The summed E-state index contributed by atoms with van der Waals surface area (Å²) in [7, 11) is 0. The van der Waals surface area contributed by atoms with Gasteiger partial charge in [-0.3, -0.25) is 0 Å². The van der Waals surface area contributed by atoms with Crippen molar-refractivity contribution in [1.82, 2.24) is 5.32 Å². The maximum atomic E-state index is 8.75. The van der Waals surface area contributed by atoms with Crippen molar-refractivity contribution < 1.29 is 0 Å². The van der Waals surface area contributed by atoms with Gasteiger partial charge in [0.15, 0.2) is 0 Å². The quantitative estimate of drug-likeness (QED) is 0.868. The van der Waals surface area contributed by atoms with E-state index in [-0.39, 0.29) is 0 Å². The molecule has 1 aromatic carbocycles. The van der Waals surface area contributed by atoms with E-state index in [9.17, 15) is 0 Å². The molecule has 0 spiro atoms. The van der Waals surface area contributed by atoms with Crippen molar-refractivity contribution in [1.29, 1.82) is 5.26 Å². The van der Waals surface area contributed by atoms with Gasteiger partial charge >= 0.3 is 0 Å². The molecule has 0 atom stereocenters. The Kier molecular flexibility index (Phi) is 5.42. The van der Waals surface area contributed by atoms with Crippen molar-refractivity contribution in [3.05, 3.63) is 35.4 Å². The molecule has 1 fully saturated rings. The predicted octanol–water partition coefficient (Wildman–Crippen LogP) is 3.86. The Hall–Kier alpha value is -1.33. The van der Waals surface area contributed by atoms with E-state index >= 15 is 0 Å². The van der Waals surface area contributed by atoms with Crippen LogP contribution in [-0.4, -0.2) is 6.54 Å². The zero-order chi connectivity index (χ0) is 13.5. The molecular weight excluding hydrogens is 232 g/mol. The highest BCUT2D eigenvalue weighted by Gasteiger charge is 2.19. The summed E-state index contributed by atoms with van der Waals surface area (Å²) in [6.45, 7) is 4.37. The van der Waals surface area contributed by atoms with Gasteiger partial charge in [-0.05, 0) is 48.9 Å². The molecule has 1 aliphatic carbocycles. The van der Waals surface area contributed by atoms with Crippen molar-refractivity contribution in [2.24, 2.45) is 11.8 Å². The van der Waals surface area contributed by atoms with Crippen LogP contribution >= 0.6 is 0 Å². The molecule has 19 heavy (non-hydrogen) atoms. The van der Waals surface area contributed by atoms with Crippen LogP contribution in [0.1, 0.15) is 50.2 Å². The highest BCUT2D eigenvalue weighted by atomic mass is 14.9. The minimum Gasteiger partial charge on any atom is -0.312 e. The van der Waals surface area contributed by atoms with Crippen molar-refractivity contribution in [2.75, 3.05) is 6.54 Å². The second-order valence-corrected chi connectivity index (χ2v) is 5.73. The highest BCUT2D eigenvalue weighted by Crippen LogP contribution is 2.30. The number of nitrogens with one attached hydrogen (secondary N) is 1. The Balaban J connectivity index is 1.68. The molecule has 0 aliphatic heterocycles. The van der Waals surface area contributed by atoms with Crippen molar-refractivity contribution in [2.45, 2.75) is 45.6 Å². The lowest BCUT2D eigenvalue weighted by Crippen LogP contribution is -2.26. The number of hydrogen-bond acceptors (Lipinski definition) is 2. The first-order valence-electron chi connectivity index (χ1n) is 7.51. The maximum Gasteiger partial charge on any atom is 0.0991 e. The van der Waals surface area contributed by atoms with Gasteiger partial charge in [-0.15, -0.1) is 0 Å². The Morgan fingerprint density at radius 2 is 1.74 bits per heavy atom. The van der Waals surface area contributed by atoms with Gasteiger partial charge in [-0.1, -0.05) is 38.3 Å². The molecule has 0 amide bonds. The molecule has 0 saturated heterocycles. The molecule has 1 aromatic rings. The number of nitriles is 1. The van der Waals surface area contributed by atoms with Crippen LogP contribution in [-0.2, 0) is 6.54 Å². The molecule has 2 rings (SSSR count). The van der Waals surface area contributed by atoms with E-state index in [4.69, 9.17) is 5.26 Å². The minimum absolute atomic E-state index is 0.738. The molecule has 0 radical (unpaired) electrons. The molecule has 1 N–H and O–H groups in total. The second-order valence-electron chi connectivity index (χ2n) is 5.73. The molecule has 102 valence electrons. The van der Waals surface area contributed by atoms with Crippen molar-refractivity contribution in [3.63, 3.8) is 0 Å². The maximum absolute atomic E-state index is 8.75. The summed E-state index contributed by atoms with van der Waals surface area (Å²) < 4.78 is 0. The molecule has 0 bridgehead atoms. The summed E-state index contributed by atoms with van der Waals surface area (Å²) in [5.74, 6) is 1.84. The molecule has 2 nitrogen and oxygen atoms in total. The summed E-state index contributed by atoms with van der Waals surface area (Å²) in [5.41, 5.74) is 2.00. The van der Waals surface area contributed by atoms with Crippen LogP contribution in [0.2, 0.25) is 0 Å². The Bertz CT molecular complexity index is 408. The van der Waals surface area contributed by atoms with E-state index in [0.29, 0.717) is 0 Å². The van der Waals surface area contributed by atoms with E-state index in [0.717, 1.165) is 30.5 Å². The van der Waals surface area contributed by atoms with Gasteiger partial charge < -0.3 is 5.32 Å². The molecule has 1 aliphatic rings.